The Hall–Kier alpha value is -1.85. The van der Waals surface area contributed by atoms with Gasteiger partial charge in [-0.25, -0.2) is 4.79 Å². The van der Waals surface area contributed by atoms with E-state index in [-0.39, 0.29) is 17.4 Å². The third-order valence-electron chi connectivity index (χ3n) is 1.59. The molecule has 1 aromatic heterocycles. The van der Waals surface area contributed by atoms with Crippen molar-refractivity contribution < 1.29 is 14.6 Å². The molecule has 3 N–H and O–H groups in total. The Morgan fingerprint density at radius 3 is 2.71 bits per heavy atom. The number of carbonyl (C=O) groups is 1. The topological polar surface area (TPSA) is 98.3 Å². The standard InChI is InChI=1S/C8H11N3O3/c1-3-14-8-10-4(2)5(9)6(11-8)7(12)13/h3,9H2,1-2H3,(H,12,13). The van der Waals surface area contributed by atoms with Crippen molar-refractivity contribution in [2.24, 2.45) is 0 Å². The van der Waals surface area contributed by atoms with Gasteiger partial charge in [0, 0.05) is 0 Å². The van der Waals surface area contributed by atoms with Crippen LogP contribution < -0.4 is 10.5 Å². The molecule has 0 fully saturated rings. The predicted octanol–water partition coefficient (Wildman–Crippen LogP) is 0.464. The van der Waals surface area contributed by atoms with Gasteiger partial charge in [0.05, 0.1) is 18.0 Å². The number of anilines is 1. The first-order valence-corrected chi connectivity index (χ1v) is 4.06. The van der Waals surface area contributed by atoms with Crippen LogP contribution in [0.5, 0.6) is 6.01 Å². The molecule has 0 saturated carbocycles. The van der Waals surface area contributed by atoms with Gasteiger partial charge in [0.1, 0.15) is 0 Å². The summed E-state index contributed by atoms with van der Waals surface area (Å²) < 4.78 is 4.99. The van der Waals surface area contributed by atoms with Gasteiger partial charge in [-0.1, -0.05) is 0 Å². The van der Waals surface area contributed by atoms with Gasteiger partial charge in [-0.3, -0.25) is 0 Å². The van der Waals surface area contributed by atoms with E-state index in [0.29, 0.717) is 12.3 Å². The number of ether oxygens (including phenoxy) is 1. The Morgan fingerprint density at radius 1 is 1.57 bits per heavy atom. The lowest BCUT2D eigenvalue weighted by molar-refractivity contribution is 0.0690. The molecule has 0 amide bonds. The molecule has 0 spiro atoms. The maximum Gasteiger partial charge on any atom is 0.356 e. The van der Waals surface area contributed by atoms with Crippen molar-refractivity contribution in [1.82, 2.24) is 9.97 Å². The number of aryl methyl sites for hydroxylation is 1. The van der Waals surface area contributed by atoms with Crippen molar-refractivity contribution in [2.75, 3.05) is 12.3 Å². The monoisotopic (exact) mass is 197 g/mol. The Kier molecular flexibility index (Phi) is 2.85. The molecule has 1 heterocycles. The largest absolute Gasteiger partial charge is 0.476 e. The first-order chi connectivity index (χ1) is 6.56. The molecule has 0 saturated heterocycles. The van der Waals surface area contributed by atoms with E-state index in [1.54, 1.807) is 13.8 Å². The van der Waals surface area contributed by atoms with Crippen LogP contribution in [-0.4, -0.2) is 27.7 Å². The fraction of sp³-hybridized carbons (Fsp3) is 0.375. The van der Waals surface area contributed by atoms with Crippen molar-refractivity contribution in [3.8, 4) is 6.01 Å². The molecular formula is C8H11N3O3. The van der Waals surface area contributed by atoms with Crippen LogP contribution in [0, 0.1) is 6.92 Å². The normalized spacial score (nSPS) is 9.86. The average molecular weight is 197 g/mol. The van der Waals surface area contributed by atoms with E-state index in [0.717, 1.165) is 0 Å². The van der Waals surface area contributed by atoms with Crippen LogP contribution >= 0.6 is 0 Å². The SMILES string of the molecule is CCOc1nc(C)c(N)c(C(=O)O)n1. The molecule has 0 aliphatic carbocycles. The number of rotatable bonds is 3. The van der Waals surface area contributed by atoms with Crippen molar-refractivity contribution >= 4 is 11.7 Å². The fourth-order valence-corrected chi connectivity index (χ4v) is 0.913. The molecule has 76 valence electrons. The van der Waals surface area contributed by atoms with Gasteiger partial charge < -0.3 is 15.6 Å². The second kappa shape index (κ2) is 3.91. The third kappa shape index (κ3) is 1.90. The van der Waals surface area contributed by atoms with Gasteiger partial charge in [0.2, 0.25) is 0 Å². The van der Waals surface area contributed by atoms with Crippen LogP contribution in [0.2, 0.25) is 0 Å². The van der Waals surface area contributed by atoms with Crippen LogP contribution in [-0.2, 0) is 0 Å². The molecule has 0 bridgehead atoms. The van der Waals surface area contributed by atoms with E-state index in [4.69, 9.17) is 15.6 Å². The number of hydrogen-bond donors (Lipinski definition) is 2. The van der Waals surface area contributed by atoms with E-state index in [2.05, 4.69) is 9.97 Å². The maximum atomic E-state index is 10.7. The smallest absolute Gasteiger partial charge is 0.356 e. The molecular weight excluding hydrogens is 186 g/mol. The molecule has 0 atom stereocenters. The highest BCUT2D eigenvalue weighted by Crippen LogP contribution is 2.16. The highest BCUT2D eigenvalue weighted by molar-refractivity contribution is 5.91. The number of carboxylic acid groups (broad SMARTS) is 1. The summed E-state index contributed by atoms with van der Waals surface area (Å²) in [5, 5.41) is 8.76. The van der Waals surface area contributed by atoms with Gasteiger partial charge >= 0.3 is 12.0 Å². The number of nitrogens with zero attached hydrogens (tertiary/aromatic N) is 2. The number of carboxylic acids is 1. The lowest BCUT2D eigenvalue weighted by atomic mass is 10.3. The Labute approximate surface area is 80.7 Å². The predicted molar refractivity (Wildman–Crippen MR) is 49.3 cm³/mol. The van der Waals surface area contributed by atoms with Gasteiger partial charge in [0.25, 0.3) is 0 Å². The highest BCUT2D eigenvalue weighted by atomic mass is 16.5. The fourth-order valence-electron chi connectivity index (χ4n) is 0.913. The minimum atomic E-state index is -1.19. The highest BCUT2D eigenvalue weighted by Gasteiger charge is 2.15. The zero-order valence-corrected chi connectivity index (χ0v) is 7.94. The number of hydrogen-bond acceptors (Lipinski definition) is 5. The van der Waals surface area contributed by atoms with Crippen LogP contribution in [0.1, 0.15) is 23.1 Å². The lowest BCUT2D eigenvalue weighted by Gasteiger charge is -2.06. The summed E-state index contributed by atoms with van der Waals surface area (Å²) in [5.41, 5.74) is 5.74. The molecule has 0 radical (unpaired) electrons. The van der Waals surface area contributed by atoms with Crippen LogP contribution in [0.4, 0.5) is 5.69 Å². The zero-order chi connectivity index (χ0) is 10.7. The Balaban J connectivity index is 3.21. The summed E-state index contributed by atoms with van der Waals surface area (Å²) in [6.07, 6.45) is 0. The molecule has 14 heavy (non-hydrogen) atoms. The molecule has 6 heteroatoms. The minimum absolute atomic E-state index is 0.0385. The van der Waals surface area contributed by atoms with Crippen molar-refractivity contribution in [3.05, 3.63) is 11.4 Å². The maximum absolute atomic E-state index is 10.7. The van der Waals surface area contributed by atoms with Gasteiger partial charge in [0.15, 0.2) is 5.69 Å². The van der Waals surface area contributed by atoms with Gasteiger partial charge in [-0.15, -0.1) is 0 Å². The molecule has 1 aromatic rings. The van der Waals surface area contributed by atoms with Crippen molar-refractivity contribution in [1.29, 1.82) is 0 Å². The number of nitrogen functional groups attached to an aromatic ring is 1. The van der Waals surface area contributed by atoms with Crippen LogP contribution in [0.15, 0.2) is 0 Å². The van der Waals surface area contributed by atoms with Crippen molar-refractivity contribution in [3.63, 3.8) is 0 Å². The molecule has 6 nitrogen and oxygen atoms in total. The first-order valence-electron chi connectivity index (χ1n) is 4.06. The van der Waals surface area contributed by atoms with Crippen LogP contribution in [0.3, 0.4) is 0 Å². The zero-order valence-electron chi connectivity index (χ0n) is 7.94. The van der Waals surface area contributed by atoms with E-state index in [9.17, 15) is 4.79 Å². The number of aromatic carboxylic acids is 1. The first kappa shape index (κ1) is 10.2. The summed E-state index contributed by atoms with van der Waals surface area (Å²) in [6, 6.07) is 0.0385. The lowest BCUT2D eigenvalue weighted by Crippen LogP contribution is -2.11. The minimum Gasteiger partial charge on any atom is -0.476 e. The molecule has 0 aromatic carbocycles. The van der Waals surface area contributed by atoms with Crippen molar-refractivity contribution in [2.45, 2.75) is 13.8 Å². The second-order valence-electron chi connectivity index (χ2n) is 2.59. The summed E-state index contributed by atoms with van der Waals surface area (Å²) in [6.45, 7) is 3.74. The molecule has 0 unspecified atom stereocenters. The van der Waals surface area contributed by atoms with E-state index in [1.807, 2.05) is 0 Å². The van der Waals surface area contributed by atoms with E-state index < -0.39 is 5.97 Å². The average Bonchev–Trinajstić information content (AvgIpc) is 2.11. The Bertz CT molecular complexity index is 365. The van der Waals surface area contributed by atoms with Gasteiger partial charge in [-0.05, 0) is 13.8 Å². The third-order valence-corrected chi connectivity index (χ3v) is 1.59. The Morgan fingerprint density at radius 2 is 2.21 bits per heavy atom. The summed E-state index contributed by atoms with van der Waals surface area (Å²) >= 11 is 0. The molecule has 0 aliphatic heterocycles. The summed E-state index contributed by atoms with van der Waals surface area (Å²) in [7, 11) is 0. The molecule has 1 rings (SSSR count). The van der Waals surface area contributed by atoms with E-state index >= 15 is 0 Å². The van der Waals surface area contributed by atoms with Crippen LogP contribution in [0.25, 0.3) is 0 Å². The van der Waals surface area contributed by atoms with E-state index in [1.165, 1.54) is 0 Å². The summed E-state index contributed by atoms with van der Waals surface area (Å²) in [4.78, 5) is 18.3. The van der Waals surface area contributed by atoms with Gasteiger partial charge in [-0.2, -0.15) is 9.97 Å². The quantitative estimate of drug-likeness (QED) is 0.730. The summed E-state index contributed by atoms with van der Waals surface area (Å²) in [5.74, 6) is -1.19. The number of aromatic nitrogens is 2. The second-order valence-corrected chi connectivity index (χ2v) is 2.59. The number of nitrogens with two attached hydrogens (primary N) is 1. The molecule has 0 aliphatic rings.